The Kier molecular flexibility index (Phi) is 3.64. The highest BCUT2D eigenvalue weighted by molar-refractivity contribution is 6.05. The zero-order valence-corrected chi connectivity index (χ0v) is 9.64. The van der Waals surface area contributed by atoms with E-state index in [0.29, 0.717) is 0 Å². The number of amides is 2. The van der Waals surface area contributed by atoms with Gasteiger partial charge in [0.15, 0.2) is 0 Å². The van der Waals surface area contributed by atoms with Gasteiger partial charge in [-0.3, -0.25) is 24.2 Å². The molecule has 2 amide bonds. The molecule has 90 valence electrons. The molecule has 16 heavy (non-hydrogen) atoms. The van der Waals surface area contributed by atoms with Crippen LogP contribution in [-0.4, -0.2) is 59.4 Å². The predicted molar refractivity (Wildman–Crippen MR) is 55.6 cm³/mol. The molecule has 0 aromatic heterocycles. The number of carboxylic acids is 1. The Morgan fingerprint density at radius 3 is 2.56 bits per heavy atom. The van der Waals surface area contributed by atoms with Crippen molar-refractivity contribution in [2.75, 3.05) is 20.6 Å². The molecule has 0 radical (unpaired) electrons. The van der Waals surface area contributed by atoms with E-state index in [9.17, 15) is 14.4 Å². The predicted octanol–water partition coefficient (Wildman–Crippen LogP) is -0.604. The van der Waals surface area contributed by atoms with E-state index in [1.54, 1.807) is 18.9 Å². The molecule has 6 heteroatoms. The molecule has 0 spiro atoms. The van der Waals surface area contributed by atoms with Gasteiger partial charge in [0.25, 0.3) is 0 Å². The molecule has 2 unspecified atom stereocenters. The number of carboxylic acid groups (broad SMARTS) is 1. The van der Waals surface area contributed by atoms with E-state index in [-0.39, 0.29) is 24.8 Å². The minimum atomic E-state index is -0.906. The van der Waals surface area contributed by atoms with Crippen LogP contribution >= 0.6 is 0 Å². The Labute approximate surface area is 93.8 Å². The number of rotatable bonds is 4. The van der Waals surface area contributed by atoms with Crippen LogP contribution in [0.1, 0.15) is 13.3 Å². The van der Waals surface area contributed by atoms with Gasteiger partial charge in [-0.1, -0.05) is 6.92 Å². The van der Waals surface area contributed by atoms with Crippen LogP contribution in [0.4, 0.5) is 0 Å². The van der Waals surface area contributed by atoms with Gasteiger partial charge < -0.3 is 5.11 Å². The Morgan fingerprint density at radius 1 is 1.62 bits per heavy atom. The number of likely N-dealkylation sites (N-methyl/N-ethyl adjacent to an activating group) is 2. The summed E-state index contributed by atoms with van der Waals surface area (Å²) in [4.78, 5) is 36.3. The number of likely N-dealkylation sites (tertiary alicyclic amines) is 1. The first-order valence-corrected chi connectivity index (χ1v) is 5.08. The summed E-state index contributed by atoms with van der Waals surface area (Å²) in [5.41, 5.74) is 0. The zero-order chi connectivity index (χ0) is 12.5. The third-order valence-electron chi connectivity index (χ3n) is 2.87. The molecule has 1 N–H and O–H groups in total. The molecule has 0 bridgehead atoms. The number of nitrogens with zero attached hydrogens (tertiary/aromatic N) is 2. The minimum Gasteiger partial charge on any atom is -0.481 e. The number of hydrogen-bond donors (Lipinski definition) is 1. The molecule has 1 heterocycles. The van der Waals surface area contributed by atoms with Crippen molar-refractivity contribution in [3.8, 4) is 0 Å². The van der Waals surface area contributed by atoms with Gasteiger partial charge >= 0.3 is 5.97 Å². The van der Waals surface area contributed by atoms with Crippen LogP contribution in [0, 0.1) is 5.92 Å². The van der Waals surface area contributed by atoms with Crippen molar-refractivity contribution in [3.63, 3.8) is 0 Å². The highest BCUT2D eigenvalue weighted by Gasteiger charge is 2.38. The number of aliphatic carboxylic acids is 1. The van der Waals surface area contributed by atoms with E-state index in [1.165, 1.54) is 7.05 Å². The molecule has 0 aromatic carbocycles. The highest BCUT2D eigenvalue weighted by atomic mass is 16.4. The van der Waals surface area contributed by atoms with Crippen molar-refractivity contribution < 1.29 is 19.5 Å². The van der Waals surface area contributed by atoms with Gasteiger partial charge in [0.2, 0.25) is 11.8 Å². The normalized spacial score (nSPS) is 23.0. The van der Waals surface area contributed by atoms with Crippen molar-refractivity contribution in [2.24, 2.45) is 5.92 Å². The molecule has 1 fully saturated rings. The summed E-state index contributed by atoms with van der Waals surface area (Å²) in [6, 6.07) is -0.515. The first kappa shape index (κ1) is 12.6. The molecule has 6 nitrogen and oxygen atoms in total. The molecule has 2 atom stereocenters. The van der Waals surface area contributed by atoms with Gasteiger partial charge in [-0.05, 0) is 7.05 Å². The maximum absolute atomic E-state index is 11.6. The molecular formula is C10H16N2O4. The van der Waals surface area contributed by atoms with E-state index < -0.39 is 17.9 Å². The van der Waals surface area contributed by atoms with Crippen LogP contribution in [0.2, 0.25) is 0 Å². The molecule has 1 saturated heterocycles. The summed E-state index contributed by atoms with van der Waals surface area (Å²) < 4.78 is 0. The Hall–Kier alpha value is -1.43. The second kappa shape index (κ2) is 4.61. The maximum Gasteiger partial charge on any atom is 0.307 e. The fraction of sp³-hybridized carbons (Fsp3) is 0.700. The smallest absolute Gasteiger partial charge is 0.307 e. The van der Waals surface area contributed by atoms with Gasteiger partial charge in [0, 0.05) is 13.6 Å². The maximum atomic E-state index is 11.6. The lowest BCUT2D eigenvalue weighted by molar-refractivity contribution is -0.143. The summed E-state index contributed by atoms with van der Waals surface area (Å²) >= 11 is 0. The van der Waals surface area contributed by atoms with Crippen LogP contribution < -0.4 is 0 Å². The fourth-order valence-corrected chi connectivity index (χ4v) is 1.72. The van der Waals surface area contributed by atoms with Crippen LogP contribution in [-0.2, 0) is 14.4 Å². The lowest BCUT2D eigenvalue weighted by atomic mass is 10.1. The third kappa shape index (κ3) is 2.38. The molecule has 1 rings (SSSR count). The van der Waals surface area contributed by atoms with Gasteiger partial charge in [-0.25, -0.2) is 0 Å². The van der Waals surface area contributed by atoms with Crippen molar-refractivity contribution in [3.05, 3.63) is 0 Å². The lowest BCUT2D eigenvalue weighted by Gasteiger charge is -2.23. The second-order valence-electron chi connectivity index (χ2n) is 4.19. The highest BCUT2D eigenvalue weighted by Crippen LogP contribution is 2.16. The van der Waals surface area contributed by atoms with Gasteiger partial charge in [-0.2, -0.15) is 0 Å². The van der Waals surface area contributed by atoms with E-state index in [0.717, 1.165) is 4.90 Å². The summed E-state index contributed by atoms with van der Waals surface area (Å²) in [6.45, 7) is 1.83. The molecule has 0 aromatic rings. The SMILES string of the molecule is CC(CN(C)C1CC(=O)N(C)C1=O)C(=O)O. The van der Waals surface area contributed by atoms with E-state index in [4.69, 9.17) is 5.11 Å². The van der Waals surface area contributed by atoms with Crippen LogP contribution in [0.25, 0.3) is 0 Å². The molecule has 1 aliphatic rings. The van der Waals surface area contributed by atoms with E-state index in [1.807, 2.05) is 0 Å². The standard InChI is InChI=1S/C10H16N2O4/c1-6(10(15)16)5-11(2)7-4-8(13)12(3)9(7)14/h6-7H,4-5H2,1-3H3,(H,15,16). The Bertz CT molecular complexity index is 329. The average Bonchev–Trinajstić information content (AvgIpc) is 2.45. The molecule has 0 aliphatic carbocycles. The largest absolute Gasteiger partial charge is 0.481 e. The quantitative estimate of drug-likeness (QED) is 0.650. The Morgan fingerprint density at radius 2 is 2.19 bits per heavy atom. The van der Waals surface area contributed by atoms with Gasteiger partial charge in [0.05, 0.1) is 18.4 Å². The number of hydrogen-bond acceptors (Lipinski definition) is 4. The van der Waals surface area contributed by atoms with Crippen molar-refractivity contribution in [1.82, 2.24) is 9.80 Å². The third-order valence-corrected chi connectivity index (χ3v) is 2.87. The van der Waals surface area contributed by atoms with Crippen LogP contribution in [0.15, 0.2) is 0 Å². The fourth-order valence-electron chi connectivity index (χ4n) is 1.72. The molecular weight excluding hydrogens is 212 g/mol. The summed E-state index contributed by atoms with van der Waals surface area (Å²) in [5.74, 6) is -1.94. The van der Waals surface area contributed by atoms with Crippen molar-refractivity contribution >= 4 is 17.8 Å². The summed E-state index contributed by atoms with van der Waals surface area (Å²) in [5, 5.41) is 8.75. The van der Waals surface area contributed by atoms with E-state index in [2.05, 4.69) is 0 Å². The van der Waals surface area contributed by atoms with Crippen molar-refractivity contribution in [1.29, 1.82) is 0 Å². The summed E-state index contributed by atoms with van der Waals surface area (Å²) in [7, 11) is 3.10. The summed E-state index contributed by atoms with van der Waals surface area (Å²) in [6.07, 6.45) is 0.137. The first-order chi connectivity index (χ1) is 7.34. The second-order valence-corrected chi connectivity index (χ2v) is 4.19. The topological polar surface area (TPSA) is 77.9 Å². The molecule has 1 aliphatic heterocycles. The monoisotopic (exact) mass is 228 g/mol. The first-order valence-electron chi connectivity index (χ1n) is 5.08. The van der Waals surface area contributed by atoms with Gasteiger partial charge in [0.1, 0.15) is 0 Å². The lowest BCUT2D eigenvalue weighted by Crippen LogP contribution is -2.41. The van der Waals surface area contributed by atoms with Gasteiger partial charge in [-0.15, -0.1) is 0 Å². The number of carbonyl (C=O) groups excluding carboxylic acids is 2. The Balaban J connectivity index is 2.62. The number of imide groups is 1. The molecule has 0 saturated carbocycles. The number of carbonyl (C=O) groups is 3. The zero-order valence-electron chi connectivity index (χ0n) is 9.64. The van der Waals surface area contributed by atoms with E-state index >= 15 is 0 Å². The minimum absolute atomic E-state index is 0.137. The average molecular weight is 228 g/mol. The van der Waals surface area contributed by atoms with Crippen molar-refractivity contribution in [2.45, 2.75) is 19.4 Å². The van der Waals surface area contributed by atoms with Crippen LogP contribution in [0.3, 0.4) is 0 Å². The van der Waals surface area contributed by atoms with Crippen LogP contribution in [0.5, 0.6) is 0 Å².